The van der Waals surface area contributed by atoms with Crippen LogP contribution in [0, 0.1) is 10.1 Å². The molecule has 1 amide bonds. The number of nitrogens with one attached hydrogen (secondary N) is 1. The van der Waals surface area contributed by atoms with Crippen LogP contribution in [0.25, 0.3) is 10.8 Å². The maximum Gasteiger partial charge on any atom is 0.280 e. The minimum Gasteiger partial charge on any atom is -0.480 e. The number of rotatable bonds is 6. The number of nitro benzene ring substituents is 1. The van der Waals surface area contributed by atoms with Crippen molar-refractivity contribution in [2.75, 3.05) is 0 Å². The largest absolute Gasteiger partial charge is 0.480 e. The summed E-state index contributed by atoms with van der Waals surface area (Å²) in [5.74, 6) is 0.183. The smallest absolute Gasteiger partial charge is 0.280 e. The Bertz CT molecular complexity index is 1010. The molecule has 0 saturated carbocycles. The fourth-order valence-electron chi connectivity index (χ4n) is 2.52. The average Bonchev–Trinajstić information content (AvgIpc) is 2.68. The number of ether oxygens (including phenoxy) is 1. The number of carbonyl (C=O) groups is 1. The summed E-state index contributed by atoms with van der Waals surface area (Å²) in [6, 6.07) is 19.3. The first-order valence-corrected chi connectivity index (χ1v) is 8.26. The summed E-state index contributed by atoms with van der Waals surface area (Å²) in [6.07, 6.45) is 0.577. The minimum absolute atomic E-state index is 0.0436. The Hall–Kier alpha value is -3.74. The molecule has 0 aliphatic heterocycles. The first kappa shape index (κ1) is 18.1. The number of fused-ring (bicyclic) bond motifs is 1. The summed E-state index contributed by atoms with van der Waals surface area (Å²) in [5.41, 5.74) is 2.85. The third-order valence-corrected chi connectivity index (χ3v) is 3.89. The topological polar surface area (TPSA) is 93.8 Å². The number of hydrogen-bond donors (Lipinski definition) is 1. The van der Waals surface area contributed by atoms with Gasteiger partial charge in [-0.05, 0) is 18.4 Å². The van der Waals surface area contributed by atoms with Crippen LogP contribution in [0.15, 0.2) is 71.8 Å². The first-order chi connectivity index (χ1) is 13.0. The van der Waals surface area contributed by atoms with Crippen molar-refractivity contribution < 1.29 is 14.5 Å². The maximum atomic E-state index is 12.2. The molecule has 0 aliphatic rings. The van der Waals surface area contributed by atoms with E-state index in [1.165, 1.54) is 18.3 Å². The van der Waals surface area contributed by atoms with E-state index < -0.39 is 16.9 Å². The fourth-order valence-corrected chi connectivity index (χ4v) is 2.52. The van der Waals surface area contributed by atoms with Gasteiger partial charge in [-0.3, -0.25) is 14.9 Å². The molecule has 1 atom stereocenters. The number of benzene rings is 3. The second-order valence-corrected chi connectivity index (χ2v) is 5.82. The highest BCUT2D eigenvalue weighted by Gasteiger charge is 2.15. The Morgan fingerprint density at radius 2 is 1.89 bits per heavy atom. The quantitative estimate of drug-likeness (QED) is 0.411. The van der Waals surface area contributed by atoms with Crippen LogP contribution >= 0.6 is 0 Å². The lowest BCUT2D eigenvalue weighted by Crippen LogP contribution is -2.33. The van der Waals surface area contributed by atoms with E-state index in [9.17, 15) is 14.9 Å². The van der Waals surface area contributed by atoms with E-state index in [0.29, 0.717) is 11.3 Å². The maximum absolute atomic E-state index is 12.2. The second kappa shape index (κ2) is 8.09. The number of hydrazone groups is 1. The number of carbonyl (C=O) groups excluding carboxylic acids is 1. The molecule has 7 heteroatoms. The number of nitrogens with zero attached hydrogens (tertiary/aromatic N) is 2. The molecular weight excluding hydrogens is 346 g/mol. The standard InChI is InChI=1S/C20H17N3O4/c1-14(27-19-11-5-8-16-7-2-3-10-18(16)19)20(24)22-21-13-15-6-4-9-17(12-15)23(25)26/h2-14H,1H3,(H,22,24). The van der Waals surface area contributed by atoms with Crippen molar-refractivity contribution in [2.45, 2.75) is 13.0 Å². The molecule has 0 aliphatic carbocycles. The fraction of sp³-hybridized carbons (Fsp3) is 0.100. The third-order valence-electron chi connectivity index (χ3n) is 3.89. The average molecular weight is 363 g/mol. The molecule has 3 aromatic rings. The number of non-ortho nitro benzene ring substituents is 1. The van der Waals surface area contributed by atoms with Crippen molar-refractivity contribution >= 4 is 28.6 Å². The van der Waals surface area contributed by atoms with E-state index in [-0.39, 0.29) is 5.69 Å². The van der Waals surface area contributed by atoms with Gasteiger partial charge in [0.15, 0.2) is 6.10 Å². The molecule has 136 valence electrons. The predicted molar refractivity (Wildman–Crippen MR) is 103 cm³/mol. The van der Waals surface area contributed by atoms with Gasteiger partial charge in [0.1, 0.15) is 5.75 Å². The van der Waals surface area contributed by atoms with Crippen molar-refractivity contribution in [2.24, 2.45) is 5.10 Å². The molecule has 7 nitrogen and oxygen atoms in total. The Balaban J connectivity index is 1.64. The molecule has 3 aromatic carbocycles. The van der Waals surface area contributed by atoms with Gasteiger partial charge < -0.3 is 4.74 Å². The molecular formula is C20H17N3O4. The van der Waals surface area contributed by atoms with Crippen LogP contribution < -0.4 is 10.2 Å². The molecule has 1 unspecified atom stereocenters. The highest BCUT2D eigenvalue weighted by atomic mass is 16.6. The lowest BCUT2D eigenvalue weighted by molar-refractivity contribution is -0.384. The van der Waals surface area contributed by atoms with Crippen molar-refractivity contribution in [1.29, 1.82) is 0 Å². The molecule has 0 saturated heterocycles. The van der Waals surface area contributed by atoms with Crippen LogP contribution in [-0.2, 0) is 4.79 Å². The lowest BCUT2D eigenvalue weighted by Gasteiger charge is -2.14. The number of hydrogen-bond acceptors (Lipinski definition) is 5. The van der Waals surface area contributed by atoms with Crippen LogP contribution in [0.3, 0.4) is 0 Å². The van der Waals surface area contributed by atoms with Gasteiger partial charge in [-0.1, -0.05) is 48.5 Å². The lowest BCUT2D eigenvalue weighted by atomic mass is 10.1. The van der Waals surface area contributed by atoms with Crippen LogP contribution in [0.2, 0.25) is 0 Å². The van der Waals surface area contributed by atoms with Gasteiger partial charge in [0, 0.05) is 23.1 Å². The van der Waals surface area contributed by atoms with Gasteiger partial charge in [-0.15, -0.1) is 0 Å². The molecule has 0 fully saturated rings. The molecule has 0 spiro atoms. The monoisotopic (exact) mass is 363 g/mol. The SMILES string of the molecule is CC(Oc1cccc2ccccc12)C(=O)NN=Cc1cccc([N+](=O)[O-])c1. The van der Waals surface area contributed by atoms with E-state index in [2.05, 4.69) is 10.5 Å². The Labute approximate surface area is 155 Å². The van der Waals surface area contributed by atoms with Gasteiger partial charge in [-0.25, -0.2) is 5.43 Å². The van der Waals surface area contributed by atoms with E-state index >= 15 is 0 Å². The van der Waals surface area contributed by atoms with Gasteiger partial charge in [0.2, 0.25) is 0 Å². The molecule has 0 bridgehead atoms. The summed E-state index contributed by atoms with van der Waals surface area (Å²) in [6.45, 7) is 1.62. The van der Waals surface area contributed by atoms with Crippen molar-refractivity contribution in [3.8, 4) is 5.75 Å². The Morgan fingerprint density at radius 3 is 2.70 bits per heavy atom. The van der Waals surface area contributed by atoms with E-state index in [1.54, 1.807) is 25.1 Å². The second-order valence-electron chi connectivity index (χ2n) is 5.82. The van der Waals surface area contributed by atoms with Gasteiger partial charge in [0.25, 0.3) is 11.6 Å². The van der Waals surface area contributed by atoms with E-state index in [0.717, 1.165) is 10.8 Å². The number of nitro groups is 1. The van der Waals surface area contributed by atoms with E-state index in [1.807, 2.05) is 36.4 Å². The van der Waals surface area contributed by atoms with E-state index in [4.69, 9.17) is 4.74 Å². The summed E-state index contributed by atoms with van der Waals surface area (Å²) >= 11 is 0. The summed E-state index contributed by atoms with van der Waals surface area (Å²) in [5, 5.41) is 16.5. The van der Waals surface area contributed by atoms with Crippen molar-refractivity contribution in [1.82, 2.24) is 5.43 Å². The third kappa shape index (κ3) is 4.46. The Kier molecular flexibility index (Phi) is 5.41. The van der Waals surface area contributed by atoms with Crippen LogP contribution in [-0.4, -0.2) is 23.1 Å². The minimum atomic E-state index is -0.766. The first-order valence-electron chi connectivity index (χ1n) is 8.26. The molecule has 0 radical (unpaired) electrons. The van der Waals surface area contributed by atoms with Crippen LogP contribution in [0.1, 0.15) is 12.5 Å². The van der Waals surface area contributed by atoms with Crippen molar-refractivity contribution in [3.05, 3.63) is 82.4 Å². The number of amides is 1. The molecule has 0 heterocycles. The molecule has 1 N–H and O–H groups in total. The molecule has 0 aromatic heterocycles. The van der Waals surface area contributed by atoms with Gasteiger partial charge in [0.05, 0.1) is 11.1 Å². The highest BCUT2D eigenvalue weighted by Crippen LogP contribution is 2.26. The predicted octanol–water partition coefficient (Wildman–Crippen LogP) is 3.67. The van der Waals surface area contributed by atoms with Gasteiger partial charge in [-0.2, -0.15) is 5.10 Å². The highest BCUT2D eigenvalue weighted by molar-refractivity contribution is 5.89. The Morgan fingerprint density at radius 1 is 1.15 bits per heavy atom. The zero-order chi connectivity index (χ0) is 19.2. The zero-order valence-corrected chi connectivity index (χ0v) is 14.5. The van der Waals surface area contributed by atoms with Crippen molar-refractivity contribution in [3.63, 3.8) is 0 Å². The van der Waals surface area contributed by atoms with Crippen LogP contribution in [0.5, 0.6) is 5.75 Å². The van der Waals surface area contributed by atoms with Crippen LogP contribution in [0.4, 0.5) is 5.69 Å². The normalized spacial score (nSPS) is 12.0. The molecule has 27 heavy (non-hydrogen) atoms. The summed E-state index contributed by atoms with van der Waals surface area (Å²) in [4.78, 5) is 22.5. The molecule has 3 rings (SSSR count). The summed E-state index contributed by atoms with van der Waals surface area (Å²) in [7, 11) is 0. The summed E-state index contributed by atoms with van der Waals surface area (Å²) < 4.78 is 5.77. The van der Waals surface area contributed by atoms with Gasteiger partial charge >= 0.3 is 0 Å². The zero-order valence-electron chi connectivity index (χ0n) is 14.5.